The molecule has 0 aliphatic heterocycles. The molecule has 3 heterocycles. The number of hydrogen-bond acceptors (Lipinski definition) is 6. The standard InChI is InChI=1S/C22H17N5OS2/c23-17-3-1-2-4-18(17)24-22(28)21-10-15-6-5-14(9-20(15)30-21)11-27-12-19(25-26-27)16-7-8-29-13-16/h1-10,12-13H,11,23H2,(H,24,28). The number of nitrogens with two attached hydrogens (primary N) is 1. The van der Waals surface area contributed by atoms with Crippen molar-refractivity contribution in [3.63, 3.8) is 0 Å². The van der Waals surface area contributed by atoms with E-state index in [1.807, 2.05) is 46.6 Å². The van der Waals surface area contributed by atoms with Crippen molar-refractivity contribution in [2.75, 3.05) is 11.1 Å². The molecule has 3 aromatic heterocycles. The fourth-order valence-corrected chi connectivity index (χ4v) is 4.86. The number of para-hydroxylation sites is 2. The first-order valence-corrected chi connectivity index (χ1v) is 11.0. The van der Waals surface area contributed by atoms with E-state index in [-0.39, 0.29) is 5.91 Å². The van der Waals surface area contributed by atoms with Crippen molar-refractivity contribution in [3.8, 4) is 11.3 Å². The van der Waals surface area contributed by atoms with Gasteiger partial charge in [-0.2, -0.15) is 11.3 Å². The number of rotatable bonds is 5. The first kappa shape index (κ1) is 18.5. The Balaban J connectivity index is 1.35. The van der Waals surface area contributed by atoms with Crippen molar-refractivity contribution in [1.29, 1.82) is 0 Å². The summed E-state index contributed by atoms with van der Waals surface area (Å²) in [6, 6.07) is 17.4. The van der Waals surface area contributed by atoms with Crippen molar-refractivity contribution in [3.05, 3.63) is 82.0 Å². The van der Waals surface area contributed by atoms with Crippen LogP contribution in [0.2, 0.25) is 0 Å². The molecule has 30 heavy (non-hydrogen) atoms. The van der Waals surface area contributed by atoms with Crippen LogP contribution in [-0.4, -0.2) is 20.9 Å². The van der Waals surface area contributed by atoms with E-state index in [2.05, 4.69) is 33.1 Å². The molecule has 0 fully saturated rings. The highest BCUT2D eigenvalue weighted by Crippen LogP contribution is 2.28. The Morgan fingerprint density at radius 3 is 2.87 bits per heavy atom. The molecule has 0 radical (unpaired) electrons. The fraction of sp³-hybridized carbons (Fsp3) is 0.0455. The molecular weight excluding hydrogens is 414 g/mol. The van der Waals surface area contributed by atoms with Crippen LogP contribution in [0.4, 0.5) is 11.4 Å². The predicted octanol–water partition coefficient (Wildman–Crippen LogP) is 5.10. The van der Waals surface area contributed by atoms with Crippen LogP contribution in [0.15, 0.2) is 71.6 Å². The van der Waals surface area contributed by atoms with Gasteiger partial charge in [-0.05, 0) is 46.7 Å². The minimum Gasteiger partial charge on any atom is -0.397 e. The summed E-state index contributed by atoms with van der Waals surface area (Å²) >= 11 is 3.10. The molecule has 8 heteroatoms. The summed E-state index contributed by atoms with van der Waals surface area (Å²) in [5.74, 6) is -0.160. The Morgan fingerprint density at radius 1 is 1.13 bits per heavy atom. The van der Waals surface area contributed by atoms with E-state index in [0.29, 0.717) is 22.8 Å². The lowest BCUT2D eigenvalue weighted by Gasteiger charge is -2.05. The molecule has 1 amide bonds. The minimum atomic E-state index is -0.160. The van der Waals surface area contributed by atoms with Crippen LogP contribution in [-0.2, 0) is 6.54 Å². The number of hydrogen-bond donors (Lipinski definition) is 2. The van der Waals surface area contributed by atoms with Gasteiger partial charge in [-0.1, -0.05) is 29.5 Å². The Morgan fingerprint density at radius 2 is 2.03 bits per heavy atom. The summed E-state index contributed by atoms with van der Waals surface area (Å²) in [7, 11) is 0. The van der Waals surface area contributed by atoms with Gasteiger partial charge in [0.1, 0.15) is 5.69 Å². The number of benzene rings is 2. The molecule has 148 valence electrons. The Hall–Kier alpha value is -3.49. The largest absolute Gasteiger partial charge is 0.397 e. The van der Waals surface area contributed by atoms with Gasteiger partial charge >= 0.3 is 0 Å². The average Bonchev–Trinajstić information content (AvgIpc) is 3.49. The zero-order valence-corrected chi connectivity index (χ0v) is 17.4. The molecule has 0 spiro atoms. The van der Waals surface area contributed by atoms with Crippen molar-refractivity contribution in [1.82, 2.24) is 15.0 Å². The molecule has 0 saturated heterocycles. The van der Waals surface area contributed by atoms with E-state index in [9.17, 15) is 4.79 Å². The summed E-state index contributed by atoms with van der Waals surface area (Å²) in [5.41, 5.74) is 10.1. The van der Waals surface area contributed by atoms with Gasteiger partial charge in [0, 0.05) is 15.6 Å². The molecule has 0 saturated carbocycles. The zero-order chi connectivity index (χ0) is 20.5. The number of nitrogens with zero attached hydrogens (tertiary/aromatic N) is 3. The maximum Gasteiger partial charge on any atom is 0.265 e. The van der Waals surface area contributed by atoms with Crippen molar-refractivity contribution < 1.29 is 4.79 Å². The molecule has 0 atom stereocenters. The SMILES string of the molecule is Nc1ccccc1NC(=O)c1cc2ccc(Cn3cc(-c4ccsc4)nn3)cc2s1. The van der Waals surface area contributed by atoms with Gasteiger partial charge in [-0.15, -0.1) is 16.4 Å². The number of carbonyl (C=O) groups excluding carboxylic acids is 1. The Labute approximate surface area is 180 Å². The van der Waals surface area contributed by atoms with Crippen molar-refractivity contribution >= 4 is 50.0 Å². The Kier molecular flexibility index (Phi) is 4.78. The normalized spacial score (nSPS) is 11.1. The van der Waals surface area contributed by atoms with Crippen LogP contribution < -0.4 is 11.1 Å². The number of amides is 1. The number of nitrogens with one attached hydrogen (secondary N) is 1. The van der Waals surface area contributed by atoms with E-state index < -0.39 is 0 Å². The second-order valence-electron chi connectivity index (χ2n) is 6.84. The molecule has 2 aromatic carbocycles. The molecule has 3 N–H and O–H groups in total. The second kappa shape index (κ2) is 7.74. The lowest BCUT2D eigenvalue weighted by molar-refractivity contribution is 0.103. The molecule has 0 aliphatic carbocycles. The number of thiophene rings is 2. The lowest BCUT2D eigenvalue weighted by atomic mass is 10.1. The molecule has 0 bridgehead atoms. The number of aromatic nitrogens is 3. The first-order chi connectivity index (χ1) is 14.7. The fourth-order valence-electron chi connectivity index (χ4n) is 3.19. The summed E-state index contributed by atoms with van der Waals surface area (Å²) in [5, 5.41) is 16.5. The highest BCUT2D eigenvalue weighted by atomic mass is 32.1. The summed E-state index contributed by atoms with van der Waals surface area (Å²) in [4.78, 5) is 13.3. The van der Waals surface area contributed by atoms with Crippen molar-refractivity contribution in [2.45, 2.75) is 6.54 Å². The summed E-state index contributed by atoms with van der Waals surface area (Å²) in [6.45, 7) is 0.618. The molecule has 0 unspecified atom stereocenters. The van der Waals surface area contributed by atoms with Gasteiger partial charge in [-0.25, -0.2) is 4.68 Å². The van der Waals surface area contributed by atoms with Crippen LogP contribution in [0.1, 0.15) is 15.2 Å². The van der Waals surface area contributed by atoms with Crippen LogP contribution in [0.3, 0.4) is 0 Å². The highest BCUT2D eigenvalue weighted by Gasteiger charge is 2.12. The molecule has 0 aliphatic rings. The number of carbonyl (C=O) groups is 1. The number of fused-ring (bicyclic) bond motifs is 1. The van der Waals surface area contributed by atoms with Gasteiger partial charge in [0.25, 0.3) is 5.91 Å². The Bertz CT molecular complexity index is 1340. The van der Waals surface area contributed by atoms with Crippen LogP contribution in [0, 0.1) is 0 Å². The monoisotopic (exact) mass is 431 g/mol. The summed E-state index contributed by atoms with van der Waals surface area (Å²) < 4.78 is 2.88. The van der Waals surface area contributed by atoms with Crippen LogP contribution in [0.5, 0.6) is 0 Å². The van der Waals surface area contributed by atoms with Gasteiger partial charge in [0.2, 0.25) is 0 Å². The van der Waals surface area contributed by atoms with Gasteiger partial charge in [0.05, 0.1) is 29.0 Å². The third kappa shape index (κ3) is 3.70. The molecule has 5 rings (SSSR count). The molecular formula is C22H17N5OS2. The topological polar surface area (TPSA) is 85.8 Å². The minimum absolute atomic E-state index is 0.160. The van der Waals surface area contributed by atoms with Gasteiger partial charge in [-0.3, -0.25) is 4.79 Å². The smallest absolute Gasteiger partial charge is 0.265 e. The van der Waals surface area contributed by atoms with Crippen LogP contribution in [0.25, 0.3) is 21.3 Å². The first-order valence-electron chi connectivity index (χ1n) is 9.27. The summed E-state index contributed by atoms with van der Waals surface area (Å²) in [6.07, 6.45) is 1.95. The van der Waals surface area contributed by atoms with Gasteiger partial charge in [0.15, 0.2) is 0 Å². The van der Waals surface area contributed by atoms with Crippen LogP contribution >= 0.6 is 22.7 Å². The van der Waals surface area contributed by atoms with E-state index in [1.165, 1.54) is 11.3 Å². The van der Waals surface area contributed by atoms with E-state index in [0.717, 1.165) is 26.9 Å². The molecule has 6 nitrogen and oxygen atoms in total. The highest BCUT2D eigenvalue weighted by molar-refractivity contribution is 7.20. The molecule has 5 aromatic rings. The van der Waals surface area contributed by atoms with E-state index >= 15 is 0 Å². The number of nitrogen functional groups attached to an aromatic ring is 1. The lowest BCUT2D eigenvalue weighted by Crippen LogP contribution is -2.11. The maximum atomic E-state index is 12.6. The quantitative estimate of drug-likeness (QED) is 0.379. The second-order valence-corrected chi connectivity index (χ2v) is 8.70. The van der Waals surface area contributed by atoms with E-state index in [1.54, 1.807) is 23.5 Å². The third-order valence-corrected chi connectivity index (χ3v) is 6.50. The van der Waals surface area contributed by atoms with Gasteiger partial charge < -0.3 is 11.1 Å². The average molecular weight is 432 g/mol. The third-order valence-electron chi connectivity index (χ3n) is 4.72. The predicted molar refractivity (Wildman–Crippen MR) is 123 cm³/mol. The van der Waals surface area contributed by atoms with E-state index in [4.69, 9.17) is 5.73 Å². The zero-order valence-electron chi connectivity index (χ0n) is 15.8. The maximum absolute atomic E-state index is 12.6. The number of anilines is 2. The van der Waals surface area contributed by atoms with Crippen molar-refractivity contribution in [2.24, 2.45) is 0 Å².